The lowest BCUT2D eigenvalue weighted by Crippen LogP contribution is -2.39. The summed E-state index contributed by atoms with van der Waals surface area (Å²) in [6, 6.07) is 12.1. The van der Waals surface area contributed by atoms with Crippen LogP contribution in [0.4, 0.5) is 0 Å². The smallest absolute Gasteiger partial charge is 0.254 e. The van der Waals surface area contributed by atoms with E-state index in [1.165, 1.54) is 10.4 Å². The lowest BCUT2D eigenvalue weighted by molar-refractivity contribution is 0.0657. The fourth-order valence-electron chi connectivity index (χ4n) is 3.59. The van der Waals surface area contributed by atoms with Crippen molar-refractivity contribution in [3.63, 3.8) is 0 Å². The first-order chi connectivity index (χ1) is 12.2. The van der Waals surface area contributed by atoms with E-state index < -0.39 is 0 Å². The van der Waals surface area contributed by atoms with Gasteiger partial charge in [0, 0.05) is 23.2 Å². The maximum absolute atomic E-state index is 13.2. The molecular weight excluding hydrogens is 330 g/mol. The molecular formula is C20H21N3OS. The summed E-state index contributed by atoms with van der Waals surface area (Å²) in [6.07, 6.45) is 3.81. The number of hydrogen-bond acceptors (Lipinski definition) is 3. The fraction of sp³-hybridized carbons (Fsp3) is 0.300. The van der Waals surface area contributed by atoms with Crippen LogP contribution < -0.4 is 0 Å². The average molecular weight is 351 g/mol. The highest BCUT2D eigenvalue weighted by molar-refractivity contribution is 7.10. The monoisotopic (exact) mass is 351 g/mol. The molecule has 0 saturated heterocycles. The molecule has 0 unspecified atom stereocenters. The van der Waals surface area contributed by atoms with Gasteiger partial charge in [0.1, 0.15) is 0 Å². The summed E-state index contributed by atoms with van der Waals surface area (Å²) in [4.78, 5) is 16.6. The van der Waals surface area contributed by atoms with Crippen LogP contribution in [-0.2, 0) is 6.42 Å². The number of hydrogen-bond donors (Lipinski definition) is 0. The Hall–Kier alpha value is -2.40. The second-order valence-electron chi connectivity index (χ2n) is 6.42. The third-order valence-corrected chi connectivity index (χ3v) is 5.82. The zero-order valence-corrected chi connectivity index (χ0v) is 15.3. The zero-order chi connectivity index (χ0) is 17.4. The minimum atomic E-state index is 0.106. The molecule has 0 radical (unpaired) electrons. The molecule has 1 amide bonds. The van der Waals surface area contributed by atoms with Gasteiger partial charge in [-0.2, -0.15) is 5.10 Å². The van der Waals surface area contributed by atoms with Crippen LogP contribution >= 0.6 is 11.3 Å². The van der Waals surface area contributed by atoms with Gasteiger partial charge in [-0.05, 0) is 61.0 Å². The number of carbonyl (C=O) groups is 1. The zero-order valence-electron chi connectivity index (χ0n) is 14.5. The van der Waals surface area contributed by atoms with E-state index in [-0.39, 0.29) is 11.9 Å². The van der Waals surface area contributed by atoms with E-state index in [1.807, 2.05) is 53.0 Å². The molecule has 128 valence electrons. The molecule has 0 saturated carbocycles. The number of aromatic nitrogens is 2. The highest BCUT2D eigenvalue weighted by atomic mass is 32.1. The normalized spacial score (nSPS) is 16.7. The molecule has 0 aliphatic carbocycles. The van der Waals surface area contributed by atoms with Gasteiger partial charge in [0.15, 0.2) is 0 Å². The minimum Gasteiger partial charge on any atom is -0.331 e. The molecule has 0 N–H and O–H groups in total. The van der Waals surface area contributed by atoms with Crippen LogP contribution in [0.5, 0.6) is 0 Å². The molecule has 1 aromatic carbocycles. The molecule has 1 aliphatic rings. The van der Waals surface area contributed by atoms with E-state index in [1.54, 1.807) is 11.3 Å². The molecule has 4 nitrogen and oxygen atoms in total. The Labute approximate surface area is 151 Å². The van der Waals surface area contributed by atoms with Crippen LogP contribution in [0.15, 0.2) is 48.0 Å². The summed E-state index contributed by atoms with van der Waals surface area (Å²) in [5, 5.41) is 6.58. The second-order valence-corrected chi connectivity index (χ2v) is 7.42. The number of nitrogens with zero attached hydrogens (tertiary/aromatic N) is 3. The quantitative estimate of drug-likeness (QED) is 0.702. The number of benzene rings is 1. The van der Waals surface area contributed by atoms with Gasteiger partial charge in [-0.25, -0.2) is 4.68 Å². The number of thiophene rings is 1. The van der Waals surface area contributed by atoms with E-state index in [2.05, 4.69) is 23.5 Å². The highest BCUT2D eigenvalue weighted by Gasteiger charge is 2.30. The Morgan fingerprint density at radius 2 is 2.20 bits per heavy atom. The average Bonchev–Trinajstić information content (AvgIpc) is 3.29. The second kappa shape index (κ2) is 6.48. The first-order valence-electron chi connectivity index (χ1n) is 8.67. The van der Waals surface area contributed by atoms with E-state index in [0.717, 1.165) is 36.3 Å². The first-order valence-corrected chi connectivity index (χ1v) is 9.55. The lowest BCUT2D eigenvalue weighted by atomic mass is 9.97. The predicted molar refractivity (Wildman–Crippen MR) is 100 cm³/mol. The van der Waals surface area contributed by atoms with Crippen LogP contribution in [0.3, 0.4) is 0 Å². The van der Waals surface area contributed by atoms with Crippen molar-refractivity contribution in [2.75, 3.05) is 6.54 Å². The van der Waals surface area contributed by atoms with Gasteiger partial charge in [0.2, 0.25) is 0 Å². The van der Waals surface area contributed by atoms with Crippen molar-refractivity contribution in [3.8, 4) is 5.69 Å². The maximum Gasteiger partial charge on any atom is 0.254 e. The summed E-state index contributed by atoms with van der Waals surface area (Å²) in [6.45, 7) is 4.90. The SMILES string of the molecule is CC[C@H]1c2ccsc2CCN1C(=O)c1cccc(-n2ccc(C)n2)c1. The van der Waals surface area contributed by atoms with E-state index in [4.69, 9.17) is 0 Å². The van der Waals surface area contributed by atoms with Crippen LogP contribution in [0, 0.1) is 6.92 Å². The van der Waals surface area contributed by atoms with Crippen molar-refractivity contribution in [1.82, 2.24) is 14.7 Å². The fourth-order valence-corrected chi connectivity index (χ4v) is 4.51. The predicted octanol–water partition coefficient (Wildman–Crippen LogP) is 4.39. The Bertz CT molecular complexity index is 911. The van der Waals surface area contributed by atoms with Crippen LogP contribution in [0.25, 0.3) is 5.69 Å². The van der Waals surface area contributed by atoms with Gasteiger partial charge in [-0.3, -0.25) is 4.79 Å². The van der Waals surface area contributed by atoms with Crippen LogP contribution in [0.2, 0.25) is 0 Å². The molecule has 3 aromatic rings. The number of aryl methyl sites for hydroxylation is 1. The van der Waals surface area contributed by atoms with Gasteiger partial charge < -0.3 is 4.90 Å². The Morgan fingerprint density at radius 3 is 2.96 bits per heavy atom. The summed E-state index contributed by atoms with van der Waals surface area (Å²) in [5.41, 5.74) is 3.93. The van der Waals surface area contributed by atoms with Crippen LogP contribution in [0.1, 0.15) is 45.9 Å². The third kappa shape index (κ3) is 2.89. The van der Waals surface area contributed by atoms with Crippen molar-refractivity contribution in [2.45, 2.75) is 32.7 Å². The van der Waals surface area contributed by atoms with Crippen LogP contribution in [-0.4, -0.2) is 27.1 Å². The minimum absolute atomic E-state index is 0.106. The van der Waals surface area contributed by atoms with E-state index >= 15 is 0 Å². The Kier molecular flexibility index (Phi) is 4.17. The van der Waals surface area contributed by atoms with Gasteiger partial charge in [-0.15, -0.1) is 11.3 Å². The van der Waals surface area contributed by atoms with Crippen molar-refractivity contribution >= 4 is 17.2 Å². The molecule has 0 spiro atoms. The van der Waals surface area contributed by atoms with E-state index in [0.29, 0.717) is 0 Å². The van der Waals surface area contributed by atoms with Crippen molar-refractivity contribution < 1.29 is 4.79 Å². The molecule has 4 rings (SSSR count). The Morgan fingerprint density at radius 1 is 1.32 bits per heavy atom. The summed E-state index contributed by atoms with van der Waals surface area (Å²) >= 11 is 1.81. The summed E-state index contributed by atoms with van der Waals surface area (Å²) < 4.78 is 1.82. The molecule has 0 bridgehead atoms. The number of rotatable bonds is 3. The number of amides is 1. The van der Waals surface area contributed by atoms with Crippen molar-refractivity contribution in [2.24, 2.45) is 0 Å². The number of carbonyl (C=O) groups excluding carboxylic acids is 1. The summed E-state index contributed by atoms with van der Waals surface area (Å²) in [7, 11) is 0. The molecule has 1 aliphatic heterocycles. The van der Waals surface area contributed by atoms with Gasteiger partial charge in [-0.1, -0.05) is 13.0 Å². The molecule has 0 fully saturated rings. The third-order valence-electron chi connectivity index (χ3n) is 4.82. The highest BCUT2D eigenvalue weighted by Crippen LogP contribution is 2.36. The lowest BCUT2D eigenvalue weighted by Gasteiger charge is -2.35. The van der Waals surface area contributed by atoms with Gasteiger partial charge in [0.25, 0.3) is 5.91 Å². The molecule has 2 aromatic heterocycles. The maximum atomic E-state index is 13.2. The van der Waals surface area contributed by atoms with Crippen molar-refractivity contribution in [3.05, 3.63) is 69.7 Å². The van der Waals surface area contributed by atoms with E-state index in [9.17, 15) is 4.79 Å². The first kappa shape index (κ1) is 16.1. The largest absolute Gasteiger partial charge is 0.331 e. The van der Waals surface area contributed by atoms with Crippen molar-refractivity contribution in [1.29, 1.82) is 0 Å². The summed E-state index contributed by atoms with van der Waals surface area (Å²) in [5.74, 6) is 0.106. The topological polar surface area (TPSA) is 38.1 Å². The molecule has 25 heavy (non-hydrogen) atoms. The number of fused-ring (bicyclic) bond motifs is 1. The van der Waals surface area contributed by atoms with Gasteiger partial charge in [0.05, 0.1) is 17.4 Å². The molecule has 1 atom stereocenters. The molecule has 3 heterocycles. The Balaban J connectivity index is 1.65. The standard InChI is InChI=1S/C20H21N3OS/c1-3-18-17-9-12-25-19(17)8-10-22(18)20(24)15-5-4-6-16(13-15)23-11-7-14(2)21-23/h4-7,9,11-13,18H,3,8,10H2,1-2H3/t18-/m0/s1. The van der Waals surface area contributed by atoms with Gasteiger partial charge >= 0.3 is 0 Å². The molecule has 5 heteroatoms.